The number of esters is 1. The van der Waals surface area contributed by atoms with Gasteiger partial charge in [0.1, 0.15) is 18.5 Å². The van der Waals surface area contributed by atoms with Crippen LogP contribution in [0.5, 0.6) is 0 Å². The summed E-state index contributed by atoms with van der Waals surface area (Å²) in [5.41, 5.74) is 1.30. The molecule has 0 spiro atoms. The fraction of sp³-hybridized carbons (Fsp3) is 0.400. The normalized spacial score (nSPS) is 10.8. The Morgan fingerprint density at radius 3 is 3.11 bits per heavy atom. The quantitative estimate of drug-likeness (QED) is 0.474. The van der Waals surface area contributed by atoms with E-state index in [0.717, 1.165) is 5.75 Å². The minimum absolute atomic E-state index is 0.261. The number of thioether (sulfide) groups is 1. The van der Waals surface area contributed by atoms with Crippen LogP contribution in [-0.2, 0) is 15.4 Å². The highest BCUT2D eigenvalue weighted by molar-refractivity contribution is 7.98. The van der Waals surface area contributed by atoms with Gasteiger partial charge in [-0.05, 0) is 0 Å². The molecule has 2 aromatic rings. The Morgan fingerprint density at radius 1 is 1.50 bits per heavy atom. The van der Waals surface area contributed by atoms with Gasteiger partial charge in [0.25, 0.3) is 0 Å². The number of hydrogen-bond donors (Lipinski definition) is 0. The number of rotatable bonds is 5. The van der Waals surface area contributed by atoms with E-state index in [2.05, 4.69) is 15.0 Å². The third kappa shape index (κ3) is 3.11. The number of nitrogens with zero attached hydrogens (tertiary/aromatic N) is 4. The van der Waals surface area contributed by atoms with Crippen molar-refractivity contribution in [3.8, 4) is 0 Å². The maximum atomic E-state index is 10.6. The number of carbonyl (C=O) groups is 1. The molecule has 96 valence electrons. The molecule has 18 heavy (non-hydrogen) atoms. The Hall–Kier alpha value is -1.34. The van der Waals surface area contributed by atoms with Gasteiger partial charge >= 0.3 is 5.97 Å². The van der Waals surface area contributed by atoms with Crippen LogP contribution in [0.2, 0.25) is 5.15 Å². The maximum absolute atomic E-state index is 10.6. The Morgan fingerprint density at radius 2 is 2.33 bits per heavy atom. The summed E-state index contributed by atoms with van der Waals surface area (Å²) < 4.78 is 6.71. The first-order valence-corrected chi connectivity index (χ1v) is 6.74. The molecule has 0 aliphatic heterocycles. The molecule has 0 atom stereocenters. The number of ether oxygens (including phenoxy) is 1. The highest BCUT2D eigenvalue weighted by Gasteiger charge is 2.07. The van der Waals surface area contributed by atoms with Crippen molar-refractivity contribution < 1.29 is 9.53 Å². The van der Waals surface area contributed by atoms with E-state index in [1.807, 2.05) is 4.57 Å². The lowest BCUT2D eigenvalue weighted by Gasteiger charge is -2.04. The van der Waals surface area contributed by atoms with Gasteiger partial charge in [0.05, 0.1) is 12.2 Å². The number of carbonyl (C=O) groups excluding carboxylic acids is 1. The summed E-state index contributed by atoms with van der Waals surface area (Å²) in [5.74, 6) is 1.13. The van der Waals surface area contributed by atoms with Crippen LogP contribution in [0.4, 0.5) is 0 Å². The van der Waals surface area contributed by atoms with E-state index in [1.54, 1.807) is 18.1 Å². The second-order valence-corrected chi connectivity index (χ2v) is 4.86. The molecule has 2 aromatic heterocycles. The Kier molecular flexibility index (Phi) is 4.38. The predicted octanol–water partition coefficient (Wildman–Crippen LogP) is 1.73. The van der Waals surface area contributed by atoms with E-state index in [4.69, 9.17) is 16.3 Å². The van der Waals surface area contributed by atoms with Crippen molar-refractivity contribution >= 4 is 40.5 Å². The first kappa shape index (κ1) is 13.1. The van der Waals surface area contributed by atoms with Crippen molar-refractivity contribution in [2.75, 3.05) is 12.4 Å². The van der Waals surface area contributed by atoms with Crippen molar-refractivity contribution in [3.05, 3.63) is 17.8 Å². The van der Waals surface area contributed by atoms with E-state index in [9.17, 15) is 4.79 Å². The molecule has 0 aliphatic rings. The summed E-state index contributed by atoms with van der Waals surface area (Å²) in [5, 5.41) is 0.351. The molecule has 2 rings (SSSR count). The average Bonchev–Trinajstić information content (AvgIpc) is 2.73. The molecular formula is C10H11ClN4O2S. The lowest BCUT2D eigenvalue weighted by Crippen LogP contribution is -2.04. The SMILES string of the molecule is CC(=O)OCCSCn1cnc2c(Cl)ncnc21. The van der Waals surface area contributed by atoms with Gasteiger partial charge in [0, 0.05) is 12.7 Å². The van der Waals surface area contributed by atoms with Crippen molar-refractivity contribution in [1.82, 2.24) is 19.5 Å². The third-order valence-corrected chi connectivity index (χ3v) is 3.31. The van der Waals surface area contributed by atoms with E-state index >= 15 is 0 Å². The molecule has 0 N–H and O–H groups in total. The van der Waals surface area contributed by atoms with Gasteiger partial charge in [-0.1, -0.05) is 11.6 Å². The van der Waals surface area contributed by atoms with E-state index in [0.29, 0.717) is 28.8 Å². The topological polar surface area (TPSA) is 69.9 Å². The minimum atomic E-state index is -0.261. The summed E-state index contributed by atoms with van der Waals surface area (Å²) in [6, 6.07) is 0. The molecule has 0 fully saturated rings. The Labute approximate surface area is 113 Å². The van der Waals surface area contributed by atoms with Crippen molar-refractivity contribution in [2.45, 2.75) is 12.8 Å². The summed E-state index contributed by atoms with van der Waals surface area (Å²) in [4.78, 5) is 22.7. The second-order valence-electron chi connectivity index (χ2n) is 3.43. The van der Waals surface area contributed by atoms with Gasteiger partial charge in [-0.15, -0.1) is 11.8 Å². The molecule has 0 radical (unpaired) electrons. The molecular weight excluding hydrogens is 276 g/mol. The van der Waals surface area contributed by atoms with Crippen LogP contribution in [0, 0.1) is 0 Å². The summed E-state index contributed by atoms with van der Waals surface area (Å²) >= 11 is 7.51. The van der Waals surface area contributed by atoms with Gasteiger partial charge in [0.2, 0.25) is 0 Å². The van der Waals surface area contributed by atoms with Crippen LogP contribution in [-0.4, -0.2) is 37.8 Å². The van der Waals surface area contributed by atoms with Gasteiger partial charge in [0.15, 0.2) is 10.8 Å². The van der Waals surface area contributed by atoms with Gasteiger partial charge in [-0.25, -0.2) is 15.0 Å². The molecule has 0 saturated heterocycles. The Bertz CT molecular complexity index is 560. The molecule has 0 unspecified atom stereocenters. The molecule has 2 heterocycles. The molecule has 8 heteroatoms. The Balaban J connectivity index is 1.92. The lowest BCUT2D eigenvalue weighted by molar-refractivity contribution is -0.140. The smallest absolute Gasteiger partial charge is 0.302 e. The van der Waals surface area contributed by atoms with Crippen LogP contribution in [0.25, 0.3) is 11.2 Å². The van der Waals surface area contributed by atoms with Crippen molar-refractivity contribution in [3.63, 3.8) is 0 Å². The standard InChI is InChI=1S/C10H11ClN4O2S/c1-7(16)17-2-3-18-6-15-5-14-8-9(11)12-4-13-10(8)15/h4-5H,2-3,6H2,1H3. The fourth-order valence-corrected chi connectivity index (χ4v) is 2.25. The summed E-state index contributed by atoms with van der Waals surface area (Å²) in [7, 11) is 0. The number of imidazole rings is 1. The minimum Gasteiger partial charge on any atom is -0.465 e. The first-order valence-electron chi connectivity index (χ1n) is 5.21. The lowest BCUT2D eigenvalue weighted by atomic mass is 10.5. The third-order valence-electron chi connectivity index (χ3n) is 2.12. The number of fused-ring (bicyclic) bond motifs is 1. The second kappa shape index (κ2) is 6.01. The van der Waals surface area contributed by atoms with Crippen LogP contribution in [0.15, 0.2) is 12.7 Å². The zero-order valence-corrected chi connectivity index (χ0v) is 11.2. The van der Waals surface area contributed by atoms with E-state index in [-0.39, 0.29) is 5.97 Å². The predicted molar refractivity (Wildman–Crippen MR) is 69.4 cm³/mol. The monoisotopic (exact) mass is 286 g/mol. The number of aromatic nitrogens is 4. The zero-order valence-electron chi connectivity index (χ0n) is 9.67. The maximum Gasteiger partial charge on any atom is 0.302 e. The largest absolute Gasteiger partial charge is 0.465 e. The number of halogens is 1. The zero-order chi connectivity index (χ0) is 13.0. The molecule has 0 amide bonds. The highest BCUT2D eigenvalue weighted by atomic mass is 35.5. The van der Waals surface area contributed by atoms with Crippen molar-refractivity contribution in [1.29, 1.82) is 0 Å². The van der Waals surface area contributed by atoms with Gasteiger partial charge in [-0.3, -0.25) is 4.79 Å². The van der Waals surface area contributed by atoms with Crippen molar-refractivity contribution in [2.24, 2.45) is 0 Å². The summed E-state index contributed by atoms with van der Waals surface area (Å²) in [6.07, 6.45) is 3.08. The number of hydrogen-bond acceptors (Lipinski definition) is 6. The molecule has 0 aliphatic carbocycles. The fourth-order valence-electron chi connectivity index (χ4n) is 1.35. The van der Waals surface area contributed by atoms with Crippen LogP contribution in [0.3, 0.4) is 0 Å². The molecule has 0 saturated carbocycles. The average molecular weight is 287 g/mol. The van der Waals surface area contributed by atoms with Crippen LogP contribution < -0.4 is 0 Å². The van der Waals surface area contributed by atoms with Gasteiger partial charge in [-0.2, -0.15) is 0 Å². The molecule has 6 nitrogen and oxygen atoms in total. The summed E-state index contributed by atoms with van der Waals surface area (Å²) in [6.45, 7) is 1.80. The van der Waals surface area contributed by atoms with E-state index < -0.39 is 0 Å². The molecule has 0 bridgehead atoms. The highest BCUT2D eigenvalue weighted by Crippen LogP contribution is 2.18. The van der Waals surface area contributed by atoms with Gasteiger partial charge < -0.3 is 9.30 Å². The van der Waals surface area contributed by atoms with Crippen LogP contribution >= 0.6 is 23.4 Å². The first-order chi connectivity index (χ1) is 8.68. The van der Waals surface area contributed by atoms with Crippen LogP contribution in [0.1, 0.15) is 6.92 Å². The molecule has 0 aromatic carbocycles. The van der Waals surface area contributed by atoms with E-state index in [1.165, 1.54) is 13.3 Å².